The predicted molar refractivity (Wildman–Crippen MR) is 177 cm³/mol. The summed E-state index contributed by atoms with van der Waals surface area (Å²) in [4.78, 5) is 71.1. The molecule has 49 heavy (non-hydrogen) atoms. The van der Waals surface area contributed by atoms with Crippen LogP contribution < -0.4 is 16.1 Å². The summed E-state index contributed by atoms with van der Waals surface area (Å²) >= 11 is 0. The maximum absolute atomic E-state index is 14.0. The number of carbonyl (C=O) groups excluding carboxylic acids is 5. The van der Waals surface area contributed by atoms with Gasteiger partial charge in [0.2, 0.25) is 5.91 Å². The zero-order chi connectivity index (χ0) is 35.3. The summed E-state index contributed by atoms with van der Waals surface area (Å²) in [5, 5.41) is 7.90. The van der Waals surface area contributed by atoms with Crippen LogP contribution in [-0.2, 0) is 42.9 Å². The molecule has 3 N–H and O–H groups in total. The molecule has 4 heterocycles. The highest BCUT2D eigenvalue weighted by atomic mass is 16.9. The third-order valence-corrected chi connectivity index (χ3v) is 8.77. The molecule has 14 heteroatoms. The fraction of sp³-hybridized carbons (Fsp3) is 0.543. The summed E-state index contributed by atoms with van der Waals surface area (Å²) < 4.78 is 22.5. The highest BCUT2D eigenvalue weighted by Gasteiger charge is 2.46. The number of ether oxygens (including phenoxy) is 4. The average Bonchev–Trinajstić information content (AvgIpc) is 3.09. The van der Waals surface area contributed by atoms with Gasteiger partial charge in [0.1, 0.15) is 17.5 Å². The van der Waals surface area contributed by atoms with Crippen molar-refractivity contribution in [1.29, 1.82) is 0 Å². The zero-order valence-electron chi connectivity index (χ0n) is 28.5. The van der Waals surface area contributed by atoms with E-state index in [-0.39, 0.29) is 25.5 Å². The molecule has 0 aliphatic carbocycles. The van der Waals surface area contributed by atoms with E-state index in [1.807, 2.05) is 44.2 Å². The van der Waals surface area contributed by atoms with Crippen molar-refractivity contribution in [3.63, 3.8) is 0 Å². The number of pyridine rings is 1. The van der Waals surface area contributed by atoms with Crippen molar-refractivity contribution in [2.24, 2.45) is 11.3 Å². The fourth-order valence-corrected chi connectivity index (χ4v) is 5.83. The first-order chi connectivity index (χ1) is 23.4. The molecule has 3 amide bonds. The van der Waals surface area contributed by atoms with Crippen LogP contribution in [0.4, 0.5) is 0 Å². The molecule has 4 atom stereocenters. The van der Waals surface area contributed by atoms with E-state index in [4.69, 9.17) is 23.9 Å². The summed E-state index contributed by atoms with van der Waals surface area (Å²) in [6.07, 6.45) is 3.90. The number of hydrogen-bond donors (Lipinski definition) is 3. The lowest BCUT2D eigenvalue weighted by atomic mass is 9.88. The van der Waals surface area contributed by atoms with Crippen LogP contribution in [0.2, 0.25) is 0 Å². The molecular formula is C35H45N5O9. The van der Waals surface area contributed by atoms with Gasteiger partial charge in [-0.25, -0.2) is 5.43 Å². The molecule has 14 nitrogen and oxygen atoms in total. The quantitative estimate of drug-likeness (QED) is 0.406. The molecule has 5 rings (SSSR count). The van der Waals surface area contributed by atoms with Gasteiger partial charge in [0.05, 0.1) is 30.5 Å². The Morgan fingerprint density at radius 2 is 1.76 bits per heavy atom. The van der Waals surface area contributed by atoms with E-state index in [9.17, 15) is 24.0 Å². The molecule has 5 bridgehead atoms. The first-order valence-corrected chi connectivity index (χ1v) is 16.8. The van der Waals surface area contributed by atoms with Crippen LogP contribution >= 0.6 is 0 Å². The van der Waals surface area contributed by atoms with Crippen molar-refractivity contribution in [3.8, 4) is 0 Å². The summed E-state index contributed by atoms with van der Waals surface area (Å²) in [6.45, 7) is 7.17. The van der Waals surface area contributed by atoms with Crippen LogP contribution in [0, 0.1) is 11.3 Å². The second kappa shape index (κ2) is 15.4. The van der Waals surface area contributed by atoms with E-state index < -0.39 is 65.8 Å². The molecule has 264 valence electrons. The smallest absolute Gasteiger partial charge is 0.321 e. The topological polar surface area (TPSA) is 174 Å². The van der Waals surface area contributed by atoms with E-state index in [2.05, 4.69) is 16.1 Å². The van der Waals surface area contributed by atoms with Gasteiger partial charge in [-0.3, -0.25) is 34.0 Å². The minimum Gasteiger partial charge on any atom is -0.451 e. The van der Waals surface area contributed by atoms with Gasteiger partial charge < -0.3 is 29.6 Å². The average molecular weight is 680 g/mol. The summed E-state index contributed by atoms with van der Waals surface area (Å²) in [5.74, 6) is -3.13. The van der Waals surface area contributed by atoms with E-state index in [0.717, 1.165) is 5.39 Å². The van der Waals surface area contributed by atoms with Crippen molar-refractivity contribution in [3.05, 3.63) is 47.7 Å². The molecule has 0 unspecified atom stereocenters. The summed E-state index contributed by atoms with van der Waals surface area (Å²) in [5.41, 5.74) is 3.51. The number of hydrazine groups is 1. The number of nitrogens with zero attached hydrogens (tertiary/aromatic N) is 2. The lowest BCUT2D eigenvalue weighted by Gasteiger charge is -2.37. The van der Waals surface area contributed by atoms with E-state index in [1.165, 1.54) is 11.9 Å². The Bertz CT molecular complexity index is 1600. The van der Waals surface area contributed by atoms with Crippen LogP contribution in [0.3, 0.4) is 0 Å². The predicted octanol–water partition coefficient (Wildman–Crippen LogP) is 2.67. The molecule has 2 saturated heterocycles. The third-order valence-electron chi connectivity index (χ3n) is 8.77. The van der Waals surface area contributed by atoms with Crippen molar-refractivity contribution < 1.29 is 42.9 Å². The van der Waals surface area contributed by atoms with Gasteiger partial charge in [-0.2, -0.15) is 0 Å². The maximum atomic E-state index is 14.0. The maximum Gasteiger partial charge on any atom is 0.321 e. The van der Waals surface area contributed by atoms with Gasteiger partial charge in [-0.05, 0) is 56.7 Å². The third kappa shape index (κ3) is 8.43. The van der Waals surface area contributed by atoms with E-state index >= 15 is 0 Å². The first kappa shape index (κ1) is 35.9. The molecule has 2 aromatic rings. The van der Waals surface area contributed by atoms with Crippen molar-refractivity contribution in [2.45, 2.75) is 91.0 Å². The summed E-state index contributed by atoms with van der Waals surface area (Å²) in [6, 6.07) is 7.29. The van der Waals surface area contributed by atoms with Crippen LogP contribution in [0.1, 0.15) is 77.6 Å². The molecular weight excluding hydrogens is 634 g/mol. The Hall–Kier alpha value is -4.40. The molecule has 1 aromatic heterocycles. The second-order valence-corrected chi connectivity index (χ2v) is 13.2. The van der Waals surface area contributed by atoms with Crippen molar-refractivity contribution in [2.75, 3.05) is 19.8 Å². The van der Waals surface area contributed by atoms with Crippen molar-refractivity contribution in [1.82, 2.24) is 26.1 Å². The summed E-state index contributed by atoms with van der Waals surface area (Å²) in [7, 11) is 0. The number of benzene rings is 1. The van der Waals surface area contributed by atoms with Crippen molar-refractivity contribution >= 4 is 46.6 Å². The molecule has 0 radical (unpaired) electrons. The van der Waals surface area contributed by atoms with Gasteiger partial charge in [0.25, 0.3) is 11.8 Å². The van der Waals surface area contributed by atoms with Gasteiger partial charge in [0, 0.05) is 18.4 Å². The Balaban J connectivity index is 1.50. The van der Waals surface area contributed by atoms with E-state index in [0.29, 0.717) is 42.6 Å². The van der Waals surface area contributed by atoms with Gasteiger partial charge >= 0.3 is 18.4 Å². The number of hydrogen-bond acceptors (Lipinski definition) is 11. The second-order valence-electron chi connectivity index (χ2n) is 13.2. The standard InChI is InChI=1S/C35H45N5O9/c1-6-8-28(41)48-34-46-18-35(19-47-34)15-14-23-10-11-24-12-13-25(38-27(24)17-23)21(4)36-30(42)26-9-7-16-40(39-26)32(44)22(5)37-31(43)29(20(2)3)49-33(35)45/h10-15,17,20-22,26,29,34,39H,6-9,16,18-19H2,1-5H3,(H,36,42)(H,37,43)/b15-14+/t21-,22+,26+,29+,34-,35-/m1/s1. The molecule has 1 aromatic carbocycles. The molecule has 0 saturated carbocycles. The van der Waals surface area contributed by atoms with Crippen LogP contribution in [0.15, 0.2) is 36.4 Å². The number of esters is 2. The lowest BCUT2D eigenvalue weighted by molar-refractivity contribution is -0.317. The number of fused-ring (bicyclic) bond motifs is 4. The molecule has 3 aliphatic rings. The number of carbonyl (C=O) groups is 5. The molecule has 2 fully saturated rings. The largest absolute Gasteiger partial charge is 0.451 e. The van der Waals surface area contributed by atoms with Crippen LogP contribution in [0.5, 0.6) is 0 Å². The number of cyclic esters (lactones) is 1. The number of nitrogens with one attached hydrogen (secondary N) is 3. The highest BCUT2D eigenvalue weighted by Crippen LogP contribution is 2.32. The monoisotopic (exact) mass is 679 g/mol. The first-order valence-electron chi connectivity index (χ1n) is 16.8. The van der Waals surface area contributed by atoms with Gasteiger partial charge in [-0.15, -0.1) is 0 Å². The van der Waals surface area contributed by atoms with E-state index in [1.54, 1.807) is 26.0 Å². The minimum atomic E-state index is -1.52. The minimum absolute atomic E-state index is 0.180. The van der Waals surface area contributed by atoms with Gasteiger partial charge in [0.15, 0.2) is 6.10 Å². The lowest BCUT2D eigenvalue weighted by Crippen LogP contribution is -2.61. The number of amides is 3. The fourth-order valence-electron chi connectivity index (χ4n) is 5.83. The van der Waals surface area contributed by atoms with Crippen LogP contribution in [0.25, 0.3) is 17.0 Å². The molecule has 3 aliphatic heterocycles. The number of rotatable bonds is 4. The zero-order valence-corrected chi connectivity index (χ0v) is 28.5. The Morgan fingerprint density at radius 1 is 1.04 bits per heavy atom. The Morgan fingerprint density at radius 3 is 2.47 bits per heavy atom. The number of aromatic nitrogens is 1. The van der Waals surface area contributed by atoms with Crippen LogP contribution in [-0.4, -0.2) is 84.1 Å². The SMILES string of the molecule is CCCC(=O)O[C@H]1OC[C@@]2(/C=C/c3ccc4ccc(nc4c3)[C@@H](C)NC(=O)[C@@H]3CCCN(N3)C(=O)[C@H](C)NC(=O)[C@H](C(C)C)OC2=O)CO1. The molecule has 1 spiro atoms. The van der Waals surface area contributed by atoms with Gasteiger partial charge in [-0.1, -0.05) is 51.1 Å². The Labute approximate surface area is 285 Å². The Kier molecular flexibility index (Phi) is 11.3. The highest BCUT2D eigenvalue weighted by molar-refractivity contribution is 5.92. The normalized spacial score (nSPS) is 29.3.